The van der Waals surface area contributed by atoms with Gasteiger partial charge in [-0.15, -0.1) is 0 Å². The van der Waals surface area contributed by atoms with Crippen molar-refractivity contribution in [2.45, 2.75) is 33.6 Å². The Labute approximate surface area is 120 Å². The molecule has 0 aliphatic carbocycles. The van der Waals surface area contributed by atoms with Crippen LogP contribution < -0.4 is 5.32 Å². The third-order valence-electron chi connectivity index (χ3n) is 3.17. The van der Waals surface area contributed by atoms with Crippen LogP contribution in [-0.4, -0.2) is 27.9 Å². The minimum atomic E-state index is 0.664. The van der Waals surface area contributed by atoms with Crippen LogP contribution in [0.3, 0.4) is 0 Å². The summed E-state index contributed by atoms with van der Waals surface area (Å²) >= 11 is 0. The number of rotatable bonds is 7. The lowest BCUT2D eigenvalue weighted by molar-refractivity contribution is 0.480. The molecule has 0 aromatic carbocycles. The van der Waals surface area contributed by atoms with Gasteiger partial charge in [-0.05, 0) is 24.9 Å². The van der Waals surface area contributed by atoms with E-state index in [0.717, 1.165) is 49.0 Å². The van der Waals surface area contributed by atoms with Crippen LogP contribution in [0.15, 0.2) is 16.7 Å². The van der Waals surface area contributed by atoms with Crippen LogP contribution in [-0.2, 0) is 19.9 Å². The van der Waals surface area contributed by atoms with E-state index < -0.39 is 0 Å². The summed E-state index contributed by atoms with van der Waals surface area (Å²) in [4.78, 5) is 4.34. The van der Waals surface area contributed by atoms with Gasteiger partial charge >= 0.3 is 0 Å². The molecule has 0 saturated heterocycles. The second kappa shape index (κ2) is 6.70. The highest BCUT2D eigenvalue weighted by atomic mass is 16.4. The molecule has 2 rings (SSSR count). The van der Waals surface area contributed by atoms with Gasteiger partial charge in [-0.3, -0.25) is 4.68 Å². The largest absolute Gasteiger partial charge is 0.439 e. The molecule has 20 heavy (non-hydrogen) atoms. The molecule has 2 aromatic heterocycles. The molecule has 0 amide bonds. The van der Waals surface area contributed by atoms with Crippen molar-refractivity contribution in [3.05, 3.63) is 23.8 Å². The number of oxazole rings is 1. The summed E-state index contributed by atoms with van der Waals surface area (Å²) in [5.74, 6) is 2.23. The Kier molecular flexibility index (Phi) is 4.95. The topological polar surface area (TPSA) is 55.9 Å². The SMILES string of the molecule is CCc1cc(-c2cnc(CCNCC(C)C)o2)n(C)n1. The van der Waals surface area contributed by atoms with Crippen LogP contribution in [0.5, 0.6) is 0 Å². The Hall–Kier alpha value is -1.62. The molecule has 2 aromatic rings. The van der Waals surface area contributed by atoms with E-state index in [1.165, 1.54) is 0 Å². The van der Waals surface area contributed by atoms with Gasteiger partial charge < -0.3 is 9.73 Å². The summed E-state index contributed by atoms with van der Waals surface area (Å²) in [6.45, 7) is 8.41. The average molecular weight is 276 g/mol. The smallest absolute Gasteiger partial charge is 0.196 e. The van der Waals surface area contributed by atoms with Crippen molar-refractivity contribution in [2.75, 3.05) is 13.1 Å². The second-order valence-electron chi connectivity index (χ2n) is 5.46. The molecule has 0 atom stereocenters. The lowest BCUT2D eigenvalue weighted by atomic mass is 10.2. The molecule has 0 aliphatic rings. The van der Waals surface area contributed by atoms with E-state index in [1.54, 1.807) is 6.20 Å². The standard InChI is InChI=1S/C15H24N4O/c1-5-12-8-13(19(4)18-12)14-10-17-15(20-14)6-7-16-9-11(2)3/h8,10-11,16H,5-7,9H2,1-4H3. The van der Waals surface area contributed by atoms with Crippen molar-refractivity contribution >= 4 is 0 Å². The Morgan fingerprint density at radius 2 is 2.20 bits per heavy atom. The van der Waals surface area contributed by atoms with Crippen LogP contribution in [0, 0.1) is 5.92 Å². The highest BCUT2D eigenvalue weighted by molar-refractivity contribution is 5.51. The molecule has 2 heterocycles. The van der Waals surface area contributed by atoms with Crippen molar-refractivity contribution in [2.24, 2.45) is 13.0 Å². The molecule has 5 heteroatoms. The summed E-state index contributed by atoms with van der Waals surface area (Å²) in [6, 6.07) is 2.06. The van der Waals surface area contributed by atoms with E-state index in [9.17, 15) is 0 Å². The molecule has 0 unspecified atom stereocenters. The lowest BCUT2D eigenvalue weighted by Crippen LogP contribution is -2.22. The first kappa shape index (κ1) is 14.8. The fourth-order valence-electron chi connectivity index (χ4n) is 2.06. The number of aryl methyl sites for hydroxylation is 2. The monoisotopic (exact) mass is 276 g/mol. The Bertz CT molecular complexity index is 542. The molecular formula is C15H24N4O. The van der Waals surface area contributed by atoms with Crippen LogP contribution >= 0.6 is 0 Å². The fourth-order valence-corrected chi connectivity index (χ4v) is 2.06. The second-order valence-corrected chi connectivity index (χ2v) is 5.46. The fraction of sp³-hybridized carbons (Fsp3) is 0.600. The van der Waals surface area contributed by atoms with Gasteiger partial charge in [-0.2, -0.15) is 5.10 Å². The highest BCUT2D eigenvalue weighted by Crippen LogP contribution is 2.21. The van der Waals surface area contributed by atoms with Gasteiger partial charge in [0.1, 0.15) is 5.69 Å². The van der Waals surface area contributed by atoms with Crippen molar-refractivity contribution in [3.8, 4) is 11.5 Å². The molecule has 0 radical (unpaired) electrons. The van der Waals surface area contributed by atoms with E-state index >= 15 is 0 Å². The van der Waals surface area contributed by atoms with E-state index in [-0.39, 0.29) is 0 Å². The molecule has 0 fully saturated rings. The Morgan fingerprint density at radius 3 is 2.85 bits per heavy atom. The number of nitrogens with zero attached hydrogens (tertiary/aromatic N) is 3. The summed E-state index contributed by atoms with van der Waals surface area (Å²) < 4.78 is 7.65. The molecule has 110 valence electrons. The maximum atomic E-state index is 5.80. The maximum Gasteiger partial charge on any atom is 0.196 e. The predicted molar refractivity (Wildman–Crippen MR) is 79.5 cm³/mol. The zero-order valence-corrected chi connectivity index (χ0v) is 12.8. The molecule has 0 bridgehead atoms. The zero-order valence-electron chi connectivity index (χ0n) is 12.8. The maximum absolute atomic E-state index is 5.80. The van der Waals surface area contributed by atoms with Gasteiger partial charge in [0.2, 0.25) is 0 Å². The van der Waals surface area contributed by atoms with Crippen molar-refractivity contribution in [1.29, 1.82) is 0 Å². The predicted octanol–water partition coefficient (Wildman–Crippen LogP) is 2.43. The Balaban J connectivity index is 1.96. The van der Waals surface area contributed by atoms with Crippen LogP contribution in [0.25, 0.3) is 11.5 Å². The van der Waals surface area contributed by atoms with Crippen molar-refractivity contribution in [1.82, 2.24) is 20.1 Å². The zero-order chi connectivity index (χ0) is 14.5. The Morgan fingerprint density at radius 1 is 1.40 bits per heavy atom. The van der Waals surface area contributed by atoms with E-state index in [2.05, 4.69) is 42.2 Å². The van der Waals surface area contributed by atoms with Gasteiger partial charge in [0.25, 0.3) is 0 Å². The molecule has 0 aliphatic heterocycles. The summed E-state index contributed by atoms with van der Waals surface area (Å²) in [5, 5.41) is 7.82. The first-order chi connectivity index (χ1) is 9.60. The van der Waals surface area contributed by atoms with Crippen LogP contribution in [0.4, 0.5) is 0 Å². The first-order valence-electron chi connectivity index (χ1n) is 7.28. The number of hydrogen-bond acceptors (Lipinski definition) is 4. The van der Waals surface area contributed by atoms with E-state index in [4.69, 9.17) is 4.42 Å². The number of hydrogen-bond donors (Lipinski definition) is 1. The molecule has 0 spiro atoms. The number of aromatic nitrogens is 3. The summed E-state index contributed by atoms with van der Waals surface area (Å²) in [5.41, 5.74) is 2.05. The first-order valence-corrected chi connectivity index (χ1v) is 7.28. The lowest BCUT2D eigenvalue weighted by Gasteiger charge is -2.05. The van der Waals surface area contributed by atoms with E-state index in [0.29, 0.717) is 5.92 Å². The normalized spacial score (nSPS) is 11.4. The van der Waals surface area contributed by atoms with E-state index in [1.807, 2.05) is 11.7 Å². The molecule has 5 nitrogen and oxygen atoms in total. The van der Waals surface area contributed by atoms with Crippen LogP contribution in [0.1, 0.15) is 32.4 Å². The van der Waals surface area contributed by atoms with Crippen LogP contribution in [0.2, 0.25) is 0 Å². The highest BCUT2D eigenvalue weighted by Gasteiger charge is 2.11. The molecule has 1 N–H and O–H groups in total. The third-order valence-corrected chi connectivity index (χ3v) is 3.17. The summed E-state index contributed by atoms with van der Waals surface area (Å²) in [6.07, 6.45) is 3.52. The van der Waals surface area contributed by atoms with Crippen molar-refractivity contribution < 1.29 is 4.42 Å². The molecule has 0 saturated carbocycles. The van der Waals surface area contributed by atoms with Gasteiger partial charge in [0.15, 0.2) is 11.7 Å². The minimum absolute atomic E-state index is 0.664. The summed E-state index contributed by atoms with van der Waals surface area (Å²) in [7, 11) is 1.93. The molecular weight excluding hydrogens is 252 g/mol. The van der Waals surface area contributed by atoms with Crippen molar-refractivity contribution in [3.63, 3.8) is 0 Å². The van der Waals surface area contributed by atoms with Gasteiger partial charge in [0.05, 0.1) is 11.9 Å². The quantitative estimate of drug-likeness (QED) is 0.789. The average Bonchev–Trinajstić information content (AvgIpc) is 3.00. The minimum Gasteiger partial charge on any atom is -0.439 e. The van der Waals surface area contributed by atoms with Gasteiger partial charge in [-0.25, -0.2) is 4.98 Å². The van der Waals surface area contributed by atoms with Gasteiger partial charge in [-0.1, -0.05) is 20.8 Å². The van der Waals surface area contributed by atoms with Gasteiger partial charge in [0, 0.05) is 20.0 Å². The third kappa shape index (κ3) is 3.70. The number of nitrogens with one attached hydrogen (secondary N) is 1.